The summed E-state index contributed by atoms with van der Waals surface area (Å²) in [5, 5.41) is 3.39. The van der Waals surface area contributed by atoms with Crippen LogP contribution in [0.25, 0.3) is 0 Å². The first-order valence-electron chi connectivity index (χ1n) is 7.33. The van der Waals surface area contributed by atoms with Gasteiger partial charge in [-0.25, -0.2) is 0 Å². The van der Waals surface area contributed by atoms with Crippen LogP contribution in [0.4, 0.5) is 0 Å². The Bertz CT molecular complexity index is 642. The van der Waals surface area contributed by atoms with Gasteiger partial charge in [-0.2, -0.15) is 0 Å². The van der Waals surface area contributed by atoms with Gasteiger partial charge < -0.3 is 4.74 Å². The van der Waals surface area contributed by atoms with Crippen molar-refractivity contribution in [1.82, 2.24) is 5.32 Å². The van der Waals surface area contributed by atoms with Crippen LogP contribution in [-0.2, 0) is 13.0 Å². The van der Waals surface area contributed by atoms with Crippen molar-refractivity contribution in [2.75, 3.05) is 6.54 Å². The van der Waals surface area contributed by atoms with Crippen molar-refractivity contribution in [3.05, 3.63) is 65.2 Å². The van der Waals surface area contributed by atoms with Gasteiger partial charge in [-0.05, 0) is 41.7 Å². The molecule has 0 saturated carbocycles. The summed E-state index contributed by atoms with van der Waals surface area (Å²) < 4.78 is 5.88. The first kappa shape index (κ1) is 13.7. The molecule has 0 spiro atoms. The molecule has 2 heteroatoms. The van der Waals surface area contributed by atoms with Gasteiger partial charge in [-0.1, -0.05) is 42.3 Å². The van der Waals surface area contributed by atoms with Crippen LogP contribution in [0.1, 0.15) is 29.2 Å². The largest absolute Gasteiger partial charge is 0.489 e. The lowest BCUT2D eigenvalue weighted by molar-refractivity contribution is 0.306. The van der Waals surface area contributed by atoms with E-state index in [1.165, 1.54) is 16.7 Å². The van der Waals surface area contributed by atoms with Crippen LogP contribution >= 0.6 is 0 Å². The molecule has 2 nitrogen and oxygen atoms in total. The van der Waals surface area contributed by atoms with Gasteiger partial charge in [0.2, 0.25) is 0 Å². The summed E-state index contributed by atoms with van der Waals surface area (Å²) in [7, 11) is 0. The van der Waals surface area contributed by atoms with E-state index in [-0.39, 0.29) is 0 Å². The second-order valence-electron chi connectivity index (χ2n) is 5.31. The Labute approximate surface area is 126 Å². The van der Waals surface area contributed by atoms with Gasteiger partial charge in [0.25, 0.3) is 0 Å². The average molecular weight is 277 g/mol. The maximum atomic E-state index is 5.88. The Hall–Kier alpha value is -2.24. The molecular weight excluding hydrogens is 258 g/mol. The second-order valence-corrected chi connectivity index (χ2v) is 5.31. The van der Waals surface area contributed by atoms with Crippen molar-refractivity contribution in [2.45, 2.75) is 25.5 Å². The maximum absolute atomic E-state index is 5.88. The lowest BCUT2D eigenvalue weighted by Gasteiger charge is -2.13. The third-order valence-electron chi connectivity index (χ3n) is 3.89. The number of nitrogens with one attached hydrogen (secondary N) is 1. The van der Waals surface area contributed by atoms with E-state index in [1.54, 1.807) is 0 Å². The van der Waals surface area contributed by atoms with E-state index in [9.17, 15) is 0 Å². The number of hydrogen-bond acceptors (Lipinski definition) is 2. The SMILES string of the molecule is C#CCNC1CCc2cc(OCc3ccccc3)ccc21. The molecule has 2 aromatic rings. The Kier molecular flexibility index (Phi) is 4.23. The number of ether oxygens (including phenoxy) is 1. The van der Waals surface area contributed by atoms with Crippen molar-refractivity contribution in [3.8, 4) is 18.1 Å². The maximum Gasteiger partial charge on any atom is 0.120 e. The van der Waals surface area contributed by atoms with Crippen LogP contribution in [0, 0.1) is 12.3 Å². The third-order valence-corrected chi connectivity index (χ3v) is 3.89. The molecule has 0 heterocycles. The van der Waals surface area contributed by atoms with E-state index in [0.717, 1.165) is 18.6 Å². The Morgan fingerprint density at radius 1 is 1.19 bits per heavy atom. The number of fused-ring (bicyclic) bond motifs is 1. The molecule has 0 radical (unpaired) electrons. The fourth-order valence-corrected chi connectivity index (χ4v) is 2.82. The van der Waals surface area contributed by atoms with Gasteiger partial charge in [0.1, 0.15) is 12.4 Å². The molecule has 0 saturated heterocycles. The molecule has 1 aliphatic carbocycles. The number of benzene rings is 2. The van der Waals surface area contributed by atoms with Crippen LogP contribution in [0.2, 0.25) is 0 Å². The molecule has 0 fully saturated rings. The summed E-state index contributed by atoms with van der Waals surface area (Å²) in [6.07, 6.45) is 7.51. The molecule has 0 aromatic heterocycles. The molecule has 106 valence electrons. The summed E-state index contributed by atoms with van der Waals surface area (Å²) in [6.45, 7) is 1.23. The summed E-state index contributed by atoms with van der Waals surface area (Å²) in [4.78, 5) is 0. The van der Waals surface area contributed by atoms with Crippen molar-refractivity contribution < 1.29 is 4.74 Å². The second kappa shape index (κ2) is 6.47. The summed E-state index contributed by atoms with van der Waals surface area (Å²) >= 11 is 0. The van der Waals surface area contributed by atoms with Crippen LogP contribution in [0.3, 0.4) is 0 Å². The summed E-state index contributed by atoms with van der Waals surface area (Å²) in [5.74, 6) is 3.58. The van der Waals surface area contributed by atoms with E-state index in [0.29, 0.717) is 19.2 Å². The fraction of sp³-hybridized carbons (Fsp3) is 0.263. The topological polar surface area (TPSA) is 21.3 Å². The Morgan fingerprint density at radius 3 is 2.86 bits per heavy atom. The highest BCUT2D eigenvalue weighted by molar-refractivity contribution is 5.40. The van der Waals surface area contributed by atoms with Gasteiger partial charge >= 0.3 is 0 Å². The van der Waals surface area contributed by atoms with E-state index in [1.807, 2.05) is 18.2 Å². The average Bonchev–Trinajstić information content (AvgIpc) is 2.94. The molecule has 3 rings (SSSR count). The van der Waals surface area contributed by atoms with Crippen LogP contribution in [0.5, 0.6) is 5.75 Å². The highest BCUT2D eigenvalue weighted by Crippen LogP contribution is 2.33. The Balaban J connectivity index is 1.66. The minimum absolute atomic E-state index is 0.388. The van der Waals surface area contributed by atoms with Crippen LogP contribution < -0.4 is 10.1 Å². The van der Waals surface area contributed by atoms with Gasteiger partial charge in [-0.3, -0.25) is 5.32 Å². The van der Waals surface area contributed by atoms with Crippen LogP contribution in [-0.4, -0.2) is 6.54 Å². The van der Waals surface area contributed by atoms with Gasteiger partial charge in [0.15, 0.2) is 0 Å². The number of aryl methyl sites for hydroxylation is 1. The van der Waals surface area contributed by atoms with Crippen molar-refractivity contribution in [2.24, 2.45) is 0 Å². The normalized spacial score (nSPS) is 16.2. The highest BCUT2D eigenvalue weighted by atomic mass is 16.5. The molecule has 0 aliphatic heterocycles. The molecule has 1 aliphatic rings. The Morgan fingerprint density at radius 2 is 2.05 bits per heavy atom. The van der Waals surface area contributed by atoms with E-state index >= 15 is 0 Å². The smallest absolute Gasteiger partial charge is 0.120 e. The number of terminal acetylenes is 1. The third kappa shape index (κ3) is 3.26. The van der Waals surface area contributed by atoms with Gasteiger partial charge in [0, 0.05) is 6.04 Å². The van der Waals surface area contributed by atoms with Crippen molar-refractivity contribution >= 4 is 0 Å². The zero-order valence-electron chi connectivity index (χ0n) is 12.0. The monoisotopic (exact) mass is 277 g/mol. The predicted octanol–water partition coefficient (Wildman–Crippen LogP) is 3.48. The zero-order chi connectivity index (χ0) is 14.5. The molecule has 1 unspecified atom stereocenters. The molecule has 21 heavy (non-hydrogen) atoms. The van der Waals surface area contributed by atoms with E-state index in [2.05, 4.69) is 41.6 Å². The molecule has 0 bridgehead atoms. The summed E-state index contributed by atoms with van der Waals surface area (Å²) in [6, 6.07) is 17.0. The fourth-order valence-electron chi connectivity index (χ4n) is 2.82. The lowest BCUT2D eigenvalue weighted by atomic mass is 10.1. The molecular formula is C19H19NO. The minimum Gasteiger partial charge on any atom is -0.489 e. The molecule has 0 amide bonds. The zero-order valence-corrected chi connectivity index (χ0v) is 12.0. The van der Waals surface area contributed by atoms with Gasteiger partial charge in [0.05, 0.1) is 6.54 Å². The van der Waals surface area contributed by atoms with E-state index < -0.39 is 0 Å². The summed E-state index contributed by atoms with van der Waals surface area (Å²) in [5.41, 5.74) is 3.92. The molecule has 1 atom stereocenters. The van der Waals surface area contributed by atoms with Crippen molar-refractivity contribution in [3.63, 3.8) is 0 Å². The van der Waals surface area contributed by atoms with Crippen LogP contribution in [0.15, 0.2) is 48.5 Å². The first-order valence-corrected chi connectivity index (χ1v) is 7.33. The lowest BCUT2D eigenvalue weighted by Crippen LogP contribution is -2.19. The standard InChI is InChI=1S/C19H19NO/c1-2-12-20-19-11-8-16-13-17(9-10-18(16)19)21-14-15-6-4-3-5-7-15/h1,3-7,9-10,13,19-20H,8,11-12,14H2. The minimum atomic E-state index is 0.388. The quantitative estimate of drug-likeness (QED) is 0.845. The number of hydrogen-bond donors (Lipinski definition) is 1. The molecule has 2 aromatic carbocycles. The van der Waals surface area contributed by atoms with Crippen molar-refractivity contribution in [1.29, 1.82) is 0 Å². The van der Waals surface area contributed by atoms with Gasteiger partial charge in [-0.15, -0.1) is 6.42 Å². The first-order chi connectivity index (χ1) is 10.4. The molecule has 1 N–H and O–H groups in total. The highest BCUT2D eigenvalue weighted by Gasteiger charge is 2.21. The predicted molar refractivity (Wildman–Crippen MR) is 85.1 cm³/mol. The van der Waals surface area contributed by atoms with E-state index in [4.69, 9.17) is 11.2 Å². The number of rotatable bonds is 5.